The average molecular weight is 302 g/mol. The van der Waals surface area contributed by atoms with Gasteiger partial charge in [0.15, 0.2) is 0 Å². The molecule has 0 saturated heterocycles. The lowest BCUT2D eigenvalue weighted by atomic mass is 10.1. The Morgan fingerprint density at radius 1 is 1.00 bits per heavy atom. The van der Waals surface area contributed by atoms with Crippen molar-refractivity contribution in [1.82, 2.24) is 0 Å². The van der Waals surface area contributed by atoms with Crippen LogP contribution < -0.4 is 5.32 Å². The second-order valence-electron chi connectivity index (χ2n) is 4.13. The van der Waals surface area contributed by atoms with Gasteiger partial charge in [0.05, 0.1) is 11.1 Å². The van der Waals surface area contributed by atoms with Crippen molar-refractivity contribution in [2.75, 3.05) is 5.32 Å². The van der Waals surface area contributed by atoms with Crippen molar-refractivity contribution in [3.63, 3.8) is 0 Å². The largest absolute Gasteiger partial charge is 0.378 e. The molecule has 19 heavy (non-hydrogen) atoms. The normalized spacial score (nSPS) is 12.3. The number of halogens is 4. The number of benzene rings is 2. The zero-order chi connectivity index (χ0) is 14.0. The highest BCUT2D eigenvalue weighted by Gasteiger charge is 2.16. The molecule has 100 valence electrons. The fraction of sp³-hybridized carbons (Fsp3) is 0.143. The van der Waals surface area contributed by atoms with Gasteiger partial charge in [-0.1, -0.05) is 23.2 Å². The van der Waals surface area contributed by atoms with E-state index >= 15 is 0 Å². The van der Waals surface area contributed by atoms with Gasteiger partial charge in [-0.2, -0.15) is 0 Å². The van der Waals surface area contributed by atoms with Crippen molar-refractivity contribution in [2.24, 2.45) is 0 Å². The van der Waals surface area contributed by atoms with E-state index in [0.717, 1.165) is 0 Å². The quantitative estimate of drug-likeness (QED) is 0.744. The Bertz CT molecular complexity index is 585. The van der Waals surface area contributed by atoms with Gasteiger partial charge >= 0.3 is 0 Å². The van der Waals surface area contributed by atoms with Crippen molar-refractivity contribution in [3.05, 3.63) is 63.6 Å². The van der Waals surface area contributed by atoms with E-state index in [9.17, 15) is 8.78 Å². The van der Waals surface area contributed by atoms with Crippen LogP contribution >= 0.6 is 23.2 Å². The number of nitrogens with one attached hydrogen (secondary N) is 1. The average Bonchev–Trinajstić information content (AvgIpc) is 2.37. The lowest BCUT2D eigenvalue weighted by Gasteiger charge is -2.18. The molecule has 0 aliphatic heterocycles. The van der Waals surface area contributed by atoms with E-state index in [1.807, 2.05) is 0 Å². The van der Waals surface area contributed by atoms with Gasteiger partial charge in [0.25, 0.3) is 0 Å². The molecule has 1 atom stereocenters. The summed E-state index contributed by atoms with van der Waals surface area (Å²) in [5.41, 5.74) is 1.18. The van der Waals surface area contributed by atoms with Gasteiger partial charge in [0.1, 0.15) is 11.6 Å². The Morgan fingerprint density at radius 2 is 1.63 bits per heavy atom. The first-order valence-corrected chi connectivity index (χ1v) is 6.40. The molecular formula is C14H11Cl2F2N. The molecule has 1 nitrogen and oxygen atoms in total. The predicted molar refractivity (Wildman–Crippen MR) is 74.9 cm³/mol. The number of hydrogen-bond donors (Lipinski definition) is 1. The molecule has 0 aliphatic carbocycles. The van der Waals surface area contributed by atoms with Gasteiger partial charge in [-0.15, -0.1) is 0 Å². The molecule has 2 rings (SSSR count). The molecule has 0 heterocycles. The van der Waals surface area contributed by atoms with E-state index in [1.54, 1.807) is 19.1 Å². The Morgan fingerprint density at radius 3 is 2.26 bits per heavy atom. The third kappa shape index (κ3) is 3.17. The van der Waals surface area contributed by atoms with Crippen LogP contribution in [0.5, 0.6) is 0 Å². The summed E-state index contributed by atoms with van der Waals surface area (Å²) >= 11 is 12.0. The summed E-state index contributed by atoms with van der Waals surface area (Å²) in [6, 6.07) is 8.23. The van der Waals surface area contributed by atoms with Crippen molar-refractivity contribution in [1.29, 1.82) is 0 Å². The molecule has 0 bridgehead atoms. The molecule has 0 saturated carbocycles. The van der Waals surface area contributed by atoms with Gasteiger partial charge in [-0.3, -0.25) is 0 Å². The Balaban J connectivity index is 2.27. The van der Waals surface area contributed by atoms with E-state index in [-0.39, 0.29) is 16.9 Å². The molecule has 0 amide bonds. The molecule has 0 spiro atoms. The maximum atomic E-state index is 13.4. The van der Waals surface area contributed by atoms with Crippen LogP contribution in [-0.4, -0.2) is 0 Å². The summed E-state index contributed by atoms with van der Waals surface area (Å²) in [5.74, 6) is -0.839. The summed E-state index contributed by atoms with van der Waals surface area (Å²) < 4.78 is 26.3. The molecule has 2 aromatic rings. The van der Waals surface area contributed by atoms with Crippen LogP contribution in [0.3, 0.4) is 0 Å². The fourth-order valence-electron chi connectivity index (χ4n) is 1.81. The third-order valence-corrected chi connectivity index (χ3v) is 3.45. The maximum absolute atomic E-state index is 13.4. The number of anilines is 1. The minimum Gasteiger partial charge on any atom is -0.378 e. The molecule has 1 unspecified atom stereocenters. The molecule has 0 fully saturated rings. The Hall–Kier alpha value is -1.32. The first-order valence-electron chi connectivity index (χ1n) is 5.64. The highest BCUT2D eigenvalue weighted by atomic mass is 35.5. The van der Waals surface area contributed by atoms with Crippen LogP contribution in [0.25, 0.3) is 0 Å². The van der Waals surface area contributed by atoms with Crippen molar-refractivity contribution < 1.29 is 8.78 Å². The SMILES string of the molecule is CC(Nc1ccc(F)cc1)c1c(Cl)ccc(F)c1Cl. The zero-order valence-electron chi connectivity index (χ0n) is 10.1. The van der Waals surface area contributed by atoms with E-state index in [4.69, 9.17) is 23.2 Å². The zero-order valence-corrected chi connectivity index (χ0v) is 11.6. The van der Waals surface area contributed by atoms with Crippen LogP contribution in [0.1, 0.15) is 18.5 Å². The second kappa shape index (κ2) is 5.76. The van der Waals surface area contributed by atoms with Crippen LogP contribution in [0.2, 0.25) is 10.0 Å². The smallest absolute Gasteiger partial charge is 0.142 e. The number of hydrogen-bond acceptors (Lipinski definition) is 1. The van der Waals surface area contributed by atoms with Gasteiger partial charge in [-0.25, -0.2) is 8.78 Å². The van der Waals surface area contributed by atoms with Gasteiger partial charge in [0.2, 0.25) is 0 Å². The highest BCUT2D eigenvalue weighted by molar-refractivity contribution is 6.36. The predicted octanol–water partition coefficient (Wildman–Crippen LogP) is 5.44. The molecule has 0 radical (unpaired) electrons. The van der Waals surface area contributed by atoms with E-state index < -0.39 is 5.82 Å². The van der Waals surface area contributed by atoms with Gasteiger partial charge in [0, 0.05) is 16.3 Å². The summed E-state index contributed by atoms with van der Waals surface area (Å²) in [6.45, 7) is 1.80. The second-order valence-corrected chi connectivity index (χ2v) is 4.91. The van der Waals surface area contributed by atoms with E-state index in [0.29, 0.717) is 16.3 Å². The van der Waals surface area contributed by atoms with E-state index in [2.05, 4.69) is 5.32 Å². The highest BCUT2D eigenvalue weighted by Crippen LogP contribution is 2.33. The van der Waals surface area contributed by atoms with Crippen molar-refractivity contribution in [3.8, 4) is 0 Å². The molecule has 2 aromatic carbocycles. The van der Waals surface area contributed by atoms with Crippen molar-refractivity contribution >= 4 is 28.9 Å². The van der Waals surface area contributed by atoms with Crippen LogP contribution in [0.4, 0.5) is 14.5 Å². The van der Waals surface area contributed by atoms with Gasteiger partial charge < -0.3 is 5.32 Å². The standard InChI is InChI=1S/C14H11Cl2F2N/c1-8(19-10-4-2-9(17)3-5-10)13-11(15)6-7-12(18)14(13)16/h2-8,19H,1H3. The molecule has 5 heteroatoms. The third-order valence-electron chi connectivity index (χ3n) is 2.74. The Kier molecular flexibility index (Phi) is 4.27. The number of rotatable bonds is 3. The van der Waals surface area contributed by atoms with E-state index in [1.165, 1.54) is 24.3 Å². The summed E-state index contributed by atoms with van der Waals surface area (Å²) in [4.78, 5) is 0. The van der Waals surface area contributed by atoms with Gasteiger partial charge in [-0.05, 0) is 43.3 Å². The van der Waals surface area contributed by atoms with Crippen LogP contribution in [0, 0.1) is 11.6 Å². The minimum absolute atomic E-state index is 0.00499. The topological polar surface area (TPSA) is 12.0 Å². The minimum atomic E-state index is -0.520. The molecular weight excluding hydrogens is 291 g/mol. The monoisotopic (exact) mass is 301 g/mol. The summed E-state index contributed by atoms with van der Waals surface area (Å²) in [6.07, 6.45) is 0. The maximum Gasteiger partial charge on any atom is 0.142 e. The Labute approximate surface area is 120 Å². The molecule has 0 aliphatic rings. The lowest BCUT2D eigenvalue weighted by molar-refractivity contribution is 0.624. The summed E-state index contributed by atoms with van der Waals surface area (Å²) in [5, 5.41) is 3.47. The summed E-state index contributed by atoms with van der Waals surface area (Å²) in [7, 11) is 0. The lowest BCUT2D eigenvalue weighted by Crippen LogP contribution is -2.08. The fourth-order valence-corrected chi connectivity index (χ4v) is 2.51. The molecule has 0 aromatic heterocycles. The van der Waals surface area contributed by atoms with Crippen LogP contribution in [-0.2, 0) is 0 Å². The van der Waals surface area contributed by atoms with Crippen LogP contribution in [0.15, 0.2) is 36.4 Å². The molecule has 1 N–H and O–H groups in total. The van der Waals surface area contributed by atoms with Crippen molar-refractivity contribution in [2.45, 2.75) is 13.0 Å². The first kappa shape index (κ1) is 14.1. The first-order chi connectivity index (χ1) is 8.99.